The normalized spacial score (nSPS) is 13.1. The molecule has 1 aromatic carbocycles. The Kier molecular flexibility index (Phi) is 7.43. The first-order valence-corrected chi connectivity index (χ1v) is 9.91. The number of benzene rings is 1. The van der Waals surface area contributed by atoms with E-state index in [2.05, 4.69) is 5.16 Å². The average Bonchev–Trinajstić information content (AvgIpc) is 3.38. The molecule has 2 heterocycles. The van der Waals surface area contributed by atoms with Gasteiger partial charge in [-0.05, 0) is 49.9 Å². The summed E-state index contributed by atoms with van der Waals surface area (Å²) in [6.45, 7) is 2.26. The Morgan fingerprint density at radius 1 is 1.29 bits per heavy atom. The van der Waals surface area contributed by atoms with Gasteiger partial charge in [0.1, 0.15) is 23.0 Å². The van der Waals surface area contributed by atoms with Crippen molar-refractivity contribution in [3.63, 3.8) is 0 Å². The number of hydrogen-bond donors (Lipinski definition) is 2. The molecule has 156 valence electrons. The summed E-state index contributed by atoms with van der Waals surface area (Å²) in [6, 6.07) is 6.73. The van der Waals surface area contributed by atoms with Crippen LogP contribution in [0.15, 0.2) is 35.0 Å². The molecule has 9 heteroatoms. The number of anilines is 1. The third-order valence-corrected chi connectivity index (χ3v) is 5.47. The summed E-state index contributed by atoms with van der Waals surface area (Å²) < 4.78 is 7.09. The summed E-state index contributed by atoms with van der Waals surface area (Å²) in [7, 11) is 0. The van der Waals surface area contributed by atoms with E-state index in [1.807, 2.05) is 6.92 Å². The van der Waals surface area contributed by atoms with Gasteiger partial charge in [-0.15, -0.1) is 0 Å². The van der Waals surface area contributed by atoms with E-state index in [9.17, 15) is 19.8 Å². The van der Waals surface area contributed by atoms with Crippen molar-refractivity contribution < 1.29 is 75.7 Å². The van der Waals surface area contributed by atoms with E-state index >= 15 is 0 Å². The zero-order chi connectivity index (χ0) is 21.4. The summed E-state index contributed by atoms with van der Waals surface area (Å²) in [5.41, 5.74) is 8.19. The summed E-state index contributed by atoms with van der Waals surface area (Å²) in [6.07, 6.45) is 3.89. The fourth-order valence-electron chi connectivity index (χ4n) is 3.75. The first-order valence-electron chi connectivity index (χ1n) is 9.91. The van der Waals surface area contributed by atoms with Crippen LogP contribution in [0.3, 0.4) is 0 Å². The molecule has 2 aromatic heterocycles. The van der Waals surface area contributed by atoms with Gasteiger partial charge < -0.3 is 29.8 Å². The number of aromatic hydroxyl groups is 1. The Morgan fingerprint density at radius 3 is 2.55 bits per heavy atom. The van der Waals surface area contributed by atoms with Crippen LogP contribution in [0.25, 0.3) is 11.3 Å². The van der Waals surface area contributed by atoms with Crippen molar-refractivity contribution in [1.82, 2.24) is 9.72 Å². The predicted molar refractivity (Wildman–Crippen MR) is 107 cm³/mol. The van der Waals surface area contributed by atoms with Gasteiger partial charge in [0.15, 0.2) is 5.78 Å². The van der Waals surface area contributed by atoms with Crippen molar-refractivity contribution in [2.75, 3.05) is 5.73 Å². The van der Waals surface area contributed by atoms with E-state index in [0.717, 1.165) is 29.7 Å². The number of Topliss-reactive ketones (excluding diaryl/α,β-unsaturated/α-hetero) is 1. The number of ketones is 1. The van der Waals surface area contributed by atoms with Gasteiger partial charge in [0, 0.05) is 47.8 Å². The van der Waals surface area contributed by atoms with Gasteiger partial charge in [0.25, 0.3) is 0 Å². The van der Waals surface area contributed by atoms with E-state index in [4.69, 9.17) is 10.3 Å². The van der Waals surface area contributed by atoms with E-state index in [0.29, 0.717) is 24.6 Å². The SMILES string of the molecule is CCn1cc(C(=O)CCc2onc(-c3ccc(O)cc3)c2C2CC2)c(C(=O)[O-])c1N.[K+]. The third kappa shape index (κ3) is 4.80. The number of aryl methyl sites for hydroxylation is 2. The van der Waals surface area contributed by atoms with Crippen LogP contribution >= 0.6 is 0 Å². The van der Waals surface area contributed by atoms with Crippen LogP contribution < -0.4 is 62.2 Å². The van der Waals surface area contributed by atoms with Crippen LogP contribution in [-0.4, -0.2) is 26.6 Å². The van der Waals surface area contributed by atoms with Crippen molar-refractivity contribution in [3.05, 3.63) is 52.9 Å². The minimum atomic E-state index is -1.46. The number of carbonyl (C=O) groups excluding carboxylic acids is 2. The Balaban J connectivity index is 0.00000272. The summed E-state index contributed by atoms with van der Waals surface area (Å²) in [5.74, 6) is -0.641. The standard InChI is InChI=1S/C22H23N3O5.K/c1-2-25-11-15(19(21(25)23)22(28)29)16(27)9-10-17-18(12-3-4-12)20(24-30-17)13-5-7-14(26)8-6-13;/h5-8,11-12,26H,2-4,9-10,23H2,1H3,(H,28,29);/q;+1/p-1. The van der Waals surface area contributed by atoms with Crippen molar-refractivity contribution in [1.29, 1.82) is 0 Å². The molecule has 0 saturated heterocycles. The second-order valence-electron chi connectivity index (χ2n) is 7.49. The molecule has 0 radical (unpaired) electrons. The van der Waals surface area contributed by atoms with Crippen molar-refractivity contribution in [3.8, 4) is 17.0 Å². The summed E-state index contributed by atoms with van der Waals surface area (Å²) >= 11 is 0. The van der Waals surface area contributed by atoms with E-state index in [1.54, 1.807) is 24.3 Å². The van der Waals surface area contributed by atoms with Crippen LogP contribution in [0.4, 0.5) is 5.82 Å². The van der Waals surface area contributed by atoms with Gasteiger partial charge in [-0.25, -0.2) is 0 Å². The molecule has 4 rings (SSSR count). The molecule has 1 fully saturated rings. The first-order chi connectivity index (χ1) is 14.4. The van der Waals surface area contributed by atoms with Crippen LogP contribution in [0.5, 0.6) is 5.75 Å². The second-order valence-corrected chi connectivity index (χ2v) is 7.49. The van der Waals surface area contributed by atoms with Gasteiger partial charge in [-0.1, -0.05) is 5.16 Å². The molecule has 3 N–H and O–H groups in total. The fourth-order valence-corrected chi connectivity index (χ4v) is 3.75. The Morgan fingerprint density at radius 2 is 1.97 bits per heavy atom. The minimum Gasteiger partial charge on any atom is -0.545 e. The Labute approximate surface area is 221 Å². The molecule has 0 atom stereocenters. The summed E-state index contributed by atoms with van der Waals surface area (Å²) in [4.78, 5) is 24.3. The molecule has 3 aromatic rings. The third-order valence-electron chi connectivity index (χ3n) is 5.47. The largest absolute Gasteiger partial charge is 1.00 e. The maximum atomic E-state index is 12.8. The number of nitrogen functional groups attached to an aromatic ring is 1. The van der Waals surface area contributed by atoms with Crippen LogP contribution in [0.1, 0.15) is 64.1 Å². The maximum absolute atomic E-state index is 12.8. The molecule has 31 heavy (non-hydrogen) atoms. The fraction of sp³-hybridized carbons (Fsp3) is 0.318. The number of phenolic OH excluding ortho intramolecular Hbond substituents is 1. The molecule has 1 aliphatic carbocycles. The number of carbonyl (C=O) groups is 2. The maximum Gasteiger partial charge on any atom is 1.00 e. The Bertz CT molecular complexity index is 1110. The van der Waals surface area contributed by atoms with Crippen molar-refractivity contribution in [2.45, 2.75) is 45.1 Å². The monoisotopic (exact) mass is 447 g/mol. The number of aromatic carboxylic acids is 1. The zero-order valence-electron chi connectivity index (χ0n) is 17.6. The second kappa shape index (κ2) is 9.70. The van der Waals surface area contributed by atoms with E-state index in [1.165, 1.54) is 10.8 Å². The van der Waals surface area contributed by atoms with Gasteiger partial charge in [0.2, 0.25) is 0 Å². The number of rotatable bonds is 8. The number of phenols is 1. The van der Waals surface area contributed by atoms with Gasteiger partial charge in [-0.3, -0.25) is 4.79 Å². The molecule has 1 aliphatic rings. The van der Waals surface area contributed by atoms with Crippen LogP contribution in [0, 0.1) is 0 Å². The number of nitrogens with two attached hydrogens (primary N) is 1. The first kappa shape index (κ1) is 23.7. The molecular formula is C22H22KN3O5. The van der Waals surface area contributed by atoms with E-state index in [-0.39, 0.29) is 86.3 Å². The van der Waals surface area contributed by atoms with E-state index < -0.39 is 5.97 Å². The molecule has 0 amide bonds. The molecular weight excluding hydrogens is 425 g/mol. The molecule has 0 aliphatic heterocycles. The quantitative estimate of drug-likeness (QED) is 0.351. The zero-order valence-corrected chi connectivity index (χ0v) is 20.7. The van der Waals surface area contributed by atoms with Crippen molar-refractivity contribution in [2.24, 2.45) is 0 Å². The number of hydrogen-bond acceptors (Lipinski definition) is 7. The Hall–Kier alpha value is -1.91. The molecule has 1 saturated carbocycles. The number of aromatic nitrogens is 2. The van der Waals surface area contributed by atoms with Crippen LogP contribution in [0.2, 0.25) is 0 Å². The number of nitrogens with zero attached hydrogens (tertiary/aromatic N) is 2. The van der Waals surface area contributed by atoms with Gasteiger partial charge >= 0.3 is 51.4 Å². The van der Waals surface area contributed by atoms with Gasteiger partial charge in [0.05, 0.1) is 5.97 Å². The molecule has 0 spiro atoms. The van der Waals surface area contributed by atoms with Gasteiger partial charge in [-0.2, -0.15) is 0 Å². The molecule has 0 unspecified atom stereocenters. The number of carboxylic acid groups (broad SMARTS) is 1. The molecule has 8 nitrogen and oxygen atoms in total. The van der Waals surface area contributed by atoms with Crippen LogP contribution in [-0.2, 0) is 13.0 Å². The van der Waals surface area contributed by atoms with Crippen molar-refractivity contribution >= 4 is 17.6 Å². The molecule has 0 bridgehead atoms. The minimum absolute atomic E-state index is 0. The topological polar surface area (TPSA) is 134 Å². The smallest absolute Gasteiger partial charge is 0.545 e. The number of carboxylic acids is 1. The predicted octanol–water partition coefficient (Wildman–Crippen LogP) is -0.489. The summed E-state index contributed by atoms with van der Waals surface area (Å²) in [5, 5.41) is 25.2. The average molecular weight is 448 g/mol.